The Morgan fingerprint density at radius 3 is 0.864 bits per heavy atom. The molecule has 0 bridgehead atoms. The molecule has 2 heteroatoms. The van der Waals surface area contributed by atoms with E-state index in [1.54, 1.807) is 0 Å². The summed E-state index contributed by atoms with van der Waals surface area (Å²) in [6.45, 7) is 0. The van der Waals surface area contributed by atoms with Crippen molar-refractivity contribution in [3.8, 4) is 0 Å². The number of allylic oxidation sites excluding steroid dienone is 8. The minimum Gasteiger partial charge on any atom is -0.311 e. The molecule has 0 atom stereocenters. The highest BCUT2D eigenvalue weighted by Gasteiger charge is 2.34. The number of rotatable bonds is 16. The lowest BCUT2D eigenvalue weighted by molar-refractivity contribution is 0.984. The van der Waals surface area contributed by atoms with Gasteiger partial charge in [0.15, 0.2) is 0 Å². The summed E-state index contributed by atoms with van der Waals surface area (Å²) in [5.41, 5.74) is 29.7. The van der Waals surface area contributed by atoms with Gasteiger partial charge in [0, 0.05) is 34.1 Å². The van der Waals surface area contributed by atoms with Crippen LogP contribution in [0.2, 0.25) is 0 Å². The fourth-order valence-electron chi connectivity index (χ4n) is 12.6. The number of hydrogen-bond acceptors (Lipinski definition) is 2. The Kier molecular flexibility index (Phi) is 16.0. The quantitative estimate of drug-likeness (QED) is 0.0703. The van der Waals surface area contributed by atoms with Gasteiger partial charge in [-0.25, -0.2) is 0 Å². The minimum absolute atomic E-state index is 0.858. The van der Waals surface area contributed by atoms with Crippen LogP contribution in [0, 0.1) is 0 Å². The van der Waals surface area contributed by atoms with Crippen LogP contribution in [0.15, 0.2) is 320 Å². The van der Waals surface area contributed by atoms with Gasteiger partial charge in [-0.2, -0.15) is 0 Å². The maximum atomic E-state index is 2.39. The van der Waals surface area contributed by atoms with Crippen molar-refractivity contribution in [2.45, 2.75) is 25.7 Å². The van der Waals surface area contributed by atoms with Crippen LogP contribution in [-0.2, 0) is 6.42 Å². The molecule has 0 saturated carbocycles. The van der Waals surface area contributed by atoms with E-state index in [9.17, 15) is 0 Å². The van der Waals surface area contributed by atoms with Crippen molar-refractivity contribution in [2.24, 2.45) is 0 Å². The third kappa shape index (κ3) is 12.2. The van der Waals surface area contributed by atoms with Crippen LogP contribution in [0.5, 0.6) is 0 Å². The Morgan fingerprint density at radius 2 is 0.511 bits per heavy atom. The Balaban J connectivity index is 0.824. The van der Waals surface area contributed by atoms with Crippen molar-refractivity contribution in [3.63, 3.8) is 0 Å². The third-order valence-electron chi connectivity index (χ3n) is 17.1. The molecule has 0 spiro atoms. The summed E-state index contributed by atoms with van der Waals surface area (Å²) in [6.07, 6.45) is 25.9. The highest BCUT2D eigenvalue weighted by atomic mass is 15.1. The topological polar surface area (TPSA) is 6.48 Å². The van der Waals surface area contributed by atoms with Crippen molar-refractivity contribution in [1.29, 1.82) is 0 Å². The summed E-state index contributed by atoms with van der Waals surface area (Å²) in [7, 11) is 0. The molecule has 0 aromatic heterocycles. The molecule has 0 heterocycles. The van der Waals surface area contributed by atoms with Crippen LogP contribution in [0.3, 0.4) is 0 Å². The average molecular weight is 1130 g/mol. The first-order valence-electron chi connectivity index (χ1n) is 30.7. The molecule has 14 rings (SSSR count). The average Bonchev–Trinajstić information content (AvgIpc) is 0.816. The van der Waals surface area contributed by atoms with E-state index in [0.717, 1.165) is 82.1 Å². The van der Waals surface area contributed by atoms with Crippen LogP contribution in [0.1, 0.15) is 86.0 Å². The van der Waals surface area contributed by atoms with Crippen LogP contribution < -0.4 is 9.80 Å². The molecule has 88 heavy (non-hydrogen) atoms. The van der Waals surface area contributed by atoms with Gasteiger partial charge >= 0.3 is 0 Å². The van der Waals surface area contributed by atoms with Crippen molar-refractivity contribution in [2.75, 3.05) is 9.80 Å². The molecule has 11 aromatic carbocycles. The van der Waals surface area contributed by atoms with Crippen LogP contribution in [-0.4, -0.2) is 0 Å². The van der Waals surface area contributed by atoms with Crippen molar-refractivity contribution >= 4 is 99.5 Å². The van der Waals surface area contributed by atoms with Gasteiger partial charge in [0.05, 0.1) is 0 Å². The fourth-order valence-corrected chi connectivity index (χ4v) is 12.6. The first kappa shape index (κ1) is 54.9. The predicted octanol–water partition coefficient (Wildman–Crippen LogP) is 23.3. The first-order chi connectivity index (χ1) is 43.6. The minimum atomic E-state index is 0.858. The highest BCUT2D eigenvalue weighted by Crippen LogP contribution is 2.54. The predicted molar refractivity (Wildman–Crippen MR) is 378 cm³/mol. The van der Waals surface area contributed by atoms with E-state index in [2.05, 4.69) is 362 Å². The van der Waals surface area contributed by atoms with E-state index in [1.165, 1.54) is 77.9 Å². The monoisotopic (exact) mass is 1130 g/mol. The van der Waals surface area contributed by atoms with E-state index in [0.29, 0.717) is 0 Å². The molecule has 0 N–H and O–H groups in total. The third-order valence-corrected chi connectivity index (χ3v) is 17.1. The molecule has 2 nitrogen and oxygen atoms in total. The summed E-state index contributed by atoms with van der Waals surface area (Å²) in [4.78, 5) is 4.77. The number of anilines is 6. The zero-order chi connectivity index (χ0) is 58.9. The standard InChI is InChI=1S/C86H66N2/c1-5-17-63(18-6-1)29-33-67-37-49-75(50-38-67)87(76-51-39-68(40-52-76)34-30-64-19-7-2-8-20-64)79-57-45-71(46-58-79)83-61-73-25-13-16-28-82(73)86-84(62-74-26-14-15-27-81(74)85(83)86)72-47-59-80(60-48-72)88(77-53-41-69(42-54-77)35-31-65-21-9-3-10-22-65)78-55-43-70(44-56-78)36-32-66-23-11-4-12-24-66/h1-25,28-60H,26-27,61-62H2. The van der Waals surface area contributed by atoms with Gasteiger partial charge in [-0.3, -0.25) is 0 Å². The molecule has 3 aliphatic rings. The molecule has 0 amide bonds. The maximum absolute atomic E-state index is 2.39. The van der Waals surface area contributed by atoms with E-state index in [4.69, 9.17) is 0 Å². The highest BCUT2D eigenvalue weighted by molar-refractivity contribution is 6.10. The van der Waals surface area contributed by atoms with Crippen LogP contribution in [0.25, 0.3) is 65.3 Å². The molecule has 0 unspecified atom stereocenters. The molecule has 0 saturated heterocycles. The zero-order valence-corrected chi connectivity index (χ0v) is 49.2. The lowest BCUT2D eigenvalue weighted by Gasteiger charge is -2.36. The van der Waals surface area contributed by atoms with Crippen molar-refractivity contribution in [1.82, 2.24) is 0 Å². The van der Waals surface area contributed by atoms with Crippen LogP contribution >= 0.6 is 0 Å². The molecule has 0 radical (unpaired) electrons. The largest absolute Gasteiger partial charge is 0.311 e. The lowest BCUT2D eigenvalue weighted by atomic mass is 9.68. The first-order valence-corrected chi connectivity index (χ1v) is 30.7. The van der Waals surface area contributed by atoms with E-state index in [1.807, 2.05) is 0 Å². The summed E-state index contributed by atoms with van der Waals surface area (Å²) in [5, 5.41) is 0. The maximum Gasteiger partial charge on any atom is 0.0462 e. The van der Waals surface area contributed by atoms with Crippen molar-refractivity contribution in [3.05, 3.63) is 387 Å². The molecule has 11 aromatic rings. The summed E-state index contributed by atoms with van der Waals surface area (Å²) >= 11 is 0. The van der Waals surface area contributed by atoms with Gasteiger partial charge in [0.2, 0.25) is 0 Å². The van der Waals surface area contributed by atoms with Gasteiger partial charge in [-0.15, -0.1) is 0 Å². The molecule has 0 aliphatic heterocycles. The number of fused-ring (bicyclic) bond motifs is 4. The molecular formula is C86H66N2. The fraction of sp³-hybridized carbons (Fsp3) is 0.0465. The zero-order valence-electron chi connectivity index (χ0n) is 49.2. The van der Waals surface area contributed by atoms with Gasteiger partial charge in [-0.05, 0) is 193 Å². The Labute approximate surface area is 518 Å². The second kappa shape index (κ2) is 25.7. The summed E-state index contributed by atoms with van der Waals surface area (Å²) in [6, 6.07) is 106. The van der Waals surface area contributed by atoms with E-state index >= 15 is 0 Å². The number of nitrogens with zero attached hydrogens (tertiary/aromatic N) is 2. The molecule has 3 aliphatic carbocycles. The summed E-state index contributed by atoms with van der Waals surface area (Å²) < 4.78 is 0. The van der Waals surface area contributed by atoms with Gasteiger partial charge < -0.3 is 9.80 Å². The van der Waals surface area contributed by atoms with Gasteiger partial charge in [0.1, 0.15) is 0 Å². The smallest absolute Gasteiger partial charge is 0.0462 e. The van der Waals surface area contributed by atoms with E-state index < -0.39 is 0 Å². The van der Waals surface area contributed by atoms with Gasteiger partial charge in [-0.1, -0.05) is 285 Å². The van der Waals surface area contributed by atoms with E-state index in [-0.39, 0.29) is 0 Å². The van der Waals surface area contributed by atoms with Crippen LogP contribution in [0.4, 0.5) is 34.1 Å². The lowest BCUT2D eigenvalue weighted by Crippen LogP contribution is -2.17. The van der Waals surface area contributed by atoms with Gasteiger partial charge in [0.25, 0.3) is 0 Å². The Bertz CT molecular complexity index is 4300. The second-order valence-corrected chi connectivity index (χ2v) is 22.8. The SMILES string of the molecule is C1=CCC2=C(C1)CC(c1ccc(N(c3ccc(C=Cc4ccccc4)cc3)c3ccc(C=Cc4ccccc4)cc3)cc1)=C1C2=C(c2ccc(N(c3ccc(C=Cc4ccccc4)cc3)c3ccc(C=Cc4ccccc4)cc3)cc2)Cc2ccccc21. The molecule has 420 valence electrons. The second-order valence-electron chi connectivity index (χ2n) is 22.8. The van der Waals surface area contributed by atoms with Crippen molar-refractivity contribution < 1.29 is 0 Å². The molecular weight excluding hydrogens is 1060 g/mol. The Hall–Kier alpha value is -11.1. The Morgan fingerprint density at radius 1 is 0.227 bits per heavy atom. The normalized spacial score (nSPS) is 13.8. The number of hydrogen-bond donors (Lipinski definition) is 0. The number of benzene rings is 11. The molecule has 0 fully saturated rings. The summed E-state index contributed by atoms with van der Waals surface area (Å²) in [5.74, 6) is 0.